The van der Waals surface area contributed by atoms with Crippen LogP contribution in [-0.2, 0) is 14.9 Å². The molecule has 0 unspecified atom stereocenters. The summed E-state index contributed by atoms with van der Waals surface area (Å²) in [5.41, 5.74) is 5.17. The minimum absolute atomic E-state index is 0.156. The second-order valence-electron chi connectivity index (χ2n) is 9.02. The first-order chi connectivity index (χ1) is 16.9. The van der Waals surface area contributed by atoms with Gasteiger partial charge in [0.2, 0.25) is 0 Å². The van der Waals surface area contributed by atoms with E-state index in [1.54, 1.807) is 12.4 Å². The molecule has 3 N–H and O–H groups in total. The van der Waals surface area contributed by atoms with Crippen molar-refractivity contribution in [2.75, 3.05) is 19.5 Å². The van der Waals surface area contributed by atoms with Crippen LogP contribution in [0.4, 0.5) is 5.82 Å². The zero-order valence-corrected chi connectivity index (χ0v) is 20.6. The van der Waals surface area contributed by atoms with E-state index in [1.807, 2.05) is 55.6 Å². The SMILES string of the molecule is CN/C(Nc1cncc(C(C)C)n1)=C(\C=N)c1ccc(-c2ccc(C3(C(=O)OC)CC3)cc2)cc1. The van der Waals surface area contributed by atoms with Crippen molar-refractivity contribution >= 4 is 23.6 Å². The molecule has 0 saturated heterocycles. The number of nitrogens with zero attached hydrogens (tertiary/aromatic N) is 2. The van der Waals surface area contributed by atoms with Gasteiger partial charge in [-0.15, -0.1) is 0 Å². The number of rotatable bonds is 9. The first kappa shape index (κ1) is 24.1. The van der Waals surface area contributed by atoms with Crippen LogP contribution in [-0.4, -0.2) is 36.3 Å². The molecule has 7 heteroatoms. The number of allylic oxidation sites excluding steroid dienone is 1. The summed E-state index contributed by atoms with van der Waals surface area (Å²) in [5.74, 6) is 1.41. The van der Waals surface area contributed by atoms with E-state index in [4.69, 9.17) is 10.1 Å². The highest BCUT2D eigenvalue weighted by atomic mass is 16.5. The van der Waals surface area contributed by atoms with E-state index in [0.29, 0.717) is 17.2 Å². The van der Waals surface area contributed by atoms with Crippen molar-refractivity contribution in [3.63, 3.8) is 0 Å². The fourth-order valence-electron chi connectivity index (χ4n) is 4.17. The smallest absolute Gasteiger partial charge is 0.316 e. The highest BCUT2D eigenvalue weighted by molar-refractivity contribution is 6.10. The fourth-order valence-corrected chi connectivity index (χ4v) is 4.17. The van der Waals surface area contributed by atoms with Crippen molar-refractivity contribution < 1.29 is 9.53 Å². The molecule has 0 bridgehead atoms. The third-order valence-electron chi connectivity index (χ3n) is 6.45. The highest BCUT2D eigenvalue weighted by Crippen LogP contribution is 2.49. The van der Waals surface area contributed by atoms with E-state index in [1.165, 1.54) is 13.3 Å². The van der Waals surface area contributed by atoms with Gasteiger partial charge in [0.1, 0.15) is 11.6 Å². The average molecular weight is 470 g/mol. The number of methoxy groups -OCH3 is 1. The van der Waals surface area contributed by atoms with Crippen LogP contribution in [0.5, 0.6) is 0 Å². The summed E-state index contributed by atoms with van der Waals surface area (Å²) in [5, 5.41) is 14.4. The van der Waals surface area contributed by atoms with Crippen molar-refractivity contribution in [1.82, 2.24) is 15.3 Å². The lowest BCUT2D eigenvalue weighted by atomic mass is 9.93. The summed E-state index contributed by atoms with van der Waals surface area (Å²) in [4.78, 5) is 21.1. The third-order valence-corrected chi connectivity index (χ3v) is 6.45. The van der Waals surface area contributed by atoms with Gasteiger partial charge in [-0.2, -0.15) is 0 Å². The molecule has 35 heavy (non-hydrogen) atoms. The van der Waals surface area contributed by atoms with Gasteiger partial charge in [0.15, 0.2) is 0 Å². The van der Waals surface area contributed by atoms with Crippen LogP contribution in [0.3, 0.4) is 0 Å². The van der Waals surface area contributed by atoms with Crippen LogP contribution in [0.25, 0.3) is 16.7 Å². The maximum absolute atomic E-state index is 12.2. The predicted octanol–water partition coefficient (Wildman–Crippen LogP) is 5.12. The Labute approximate surface area is 206 Å². The molecular weight excluding hydrogens is 438 g/mol. The van der Waals surface area contributed by atoms with Crippen LogP contribution < -0.4 is 10.6 Å². The molecule has 1 heterocycles. The molecule has 0 aliphatic heterocycles. The zero-order valence-electron chi connectivity index (χ0n) is 20.6. The van der Waals surface area contributed by atoms with Crippen molar-refractivity contribution in [1.29, 1.82) is 5.41 Å². The fraction of sp³-hybridized carbons (Fsp3) is 0.286. The molecular formula is C28H31N5O2. The normalized spacial score (nSPS) is 14.7. The monoisotopic (exact) mass is 469 g/mol. The maximum Gasteiger partial charge on any atom is 0.316 e. The number of esters is 1. The lowest BCUT2D eigenvalue weighted by molar-refractivity contribution is -0.143. The van der Waals surface area contributed by atoms with Gasteiger partial charge >= 0.3 is 5.97 Å². The summed E-state index contributed by atoms with van der Waals surface area (Å²) in [6.07, 6.45) is 6.43. The van der Waals surface area contributed by atoms with Crippen LogP contribution >= 0.6 is 0 Å². The van der Waals surface area contributed by atoms with Gasteiger partial charge in [-0.05, 0) is 41.0 Å². The third kappa shape index (κ3) is 4.94. The minimum Gasteiger partial charge on any atom is -0.468 e. The van der Waals surface area contributed by atoms with Gasteiger partial charge in [-0.25, -0.2) is 4.98 Å². The molecule has 1 fully saturated rings. The molecule has 0 atom stereocenters. The number of nitrogens with one attached hydrogen (secondary N) is 3. The Morgan fingerprint density at radius 1 is 1.06 bits per heavy atom. The largest absolute Gasteiger partial charge is 0.468 e. The van der Waals surface area contributed by atoms with Crippen molar-refractivity contribution in [3.05, 3.63) is 83.6 Å². The van der Waals surface area contributed by atoms with Gasteiger partial charge in [-0.3, -0.25) is 9.78 Å². The summed E-state index contributed by atoms with van der Waals surface area (Å²) in [7, 11) is 3.25. The molecule has 7 nitrogen and oxygen atoms in total. The summed E-state index contributed by atoms with van der Waals surface area (Å²) in [6.45, 7) is 4.15. The molecule has 1 aromatic heterocycles. The average Bonchev–Trinajstić information content (AvgIpc) is 3.71. The van der Waals surface area contributed by atoms with Crippen molar-refractivity contribution in [3.8, 4) is 11.1 Å². The van der Waals surface area contributed by atoms with Crippen molar-refractivity contribution in [2.45, 2.75) is 38.0 Å². The predicted molar refractivity (Wildman–Crippen MR) is 139 cm³/mol. The Morgan fingerprint density at radius 2 is 1.69 bits per heavy atom. The van der Waals surface area contributed by atoms with Gasteiger partial charge in [-0.1, -0.05) is 62.4 Å². The Kier molecular flexibility index (Phi) is 6.96. The van der Waals surface area contributed by atoms with Crippen LogP contribution in [0.2, 0.25) is 0 Å². The van der Waals surface area contributed by atoms with E-state index in [0.717, 1.165) is 40.8 Å². The molecule has 4 rings (SSSR count). The molecule has 0 amide bonds. The second kappa shape index (κ2) is 10.1. The number of carbonyl (C=O) groups excluding carboxylic acids is 1. The molecule has 1 aliphatic carbocycles. The highest BCUT2D eigenvalue weighted by Gasteiger charge is 2.52. The molecule has 2 aromatic carbocycles. The van der Waals surface area contributed by atoms with Gasteiger partial charge in [0, 0.05) is 25.0 Å². The molecule has 1 aliphatic rings. The van der Waals surface area contributed by atoms with E-state index < -0.39 is 5.41 Å². The molecule has 0 spiro atoms. The van der Waals surface area contributed by atoms with Gasteiger partial charge in [0.05, 0.1) is 24.4 Å². The first-order valence-electron chi connectivity index (χ1n) is 11.7. The van der Waals surface area contributed by atoms with Crippen molar-refractivity contribution in [2.24, 2.45) is 0 Å². The van der Waals surface area contributed by atoms with E-state index in [9.17, 15) is 4.79 Å². The number of aromatic nitrogens is 2. The van der Waals surface area contributed by atoms with E-state index in [-0.39, 0.29) is 11.9 Å². The Hall–Kier alpha value is -4.00. The molecule has 180 valence electrons. The second-order valence-corrected chi connectivity index (χ2v) is 9.02. The lowest BCUT2D eigenvalue weighted by Crippen LogP contribution is -2.21. The number of hydrogen-bond donors (Lipinski definition) is 3. The van der Waals surface area contributed by atoms with E-state index >= 15 is 0 Å². The van der Waals surface area contributed by atoms with Gasteiger partial charge in [0.25, 0.3) is 0 Å². The number of carbonyl (C=O) groups is 1. The van der Waals surface area contributed by atoms with Crippen LogP contribution in [0.1, 0.15) is 49.4 Å². The minimum atomic E-state index is -0.462. The number of anilines is 1. The summed E-state index contributed by atoms with van der Waals surface area (Å²) >= 11 is 0. The Balaban J connectivity index is 1.56. The van der Waals surface area contributed by atoms with E-state index in [2.05, 4.69) is 34.4 Å². The van der Waals surface area contributed by atoms with Crippen LogP contribution in [0.15, 0.2) is 66.7 Å². The number of hydrogen-bond acceptors (Lipinski definition) is 7. The van der Waals surface area contributed by atoms with Gasteiger partial charge < -0.3 is 20.8 Å². The lowest BCUT2D eigenvalue weighted by Gasteiger charge is -2.16. The quantitative estimate of drug-likeness (QED) is 0.297. The first-order valence-corrected chi connectivity index (χ1v) is 11.7. The number of ether oxygens (including phenoxy) is 1. The molecule has 3 aromatic rings. The summed E-state index contributed by atoms with van der Waals surface area (Å²) < 4.78 is 5.00. The Bertz CT molecular complexity index is 1240. The molecule has 1 saturated carbocycles. The number of benzene rings is 2. The maximum atomic E-state index is 12.2. The molecule has 0 radical (unpaired) electrons. The Morgan fingerprint density at radius 3 is 2.20 bits per heavy atom. The topological polar surface area (TPSA) is 100.0 Å². The zero-order chi connectivity index (χ0) is 25.0. The van der Waals surface area contributed by atoms with Crippen LogP contribution in [0, 0.1) is 5.41 Å². The standard InChI is InChI=1S/C28H31N5O2/c1-18(2)24-16-31-17-25(32-24)33-26(30-3)23(15-29)21-7-5-19(6-8-21)20-9-11-22(12-10-20)28(13-14-28)27(34)35-4/h5-12,15-18,29-30H,13-14H2,1-4H3,(H,32,33)/b26-23-,29-15?. The summed E-state index contributed by atoms with van der Waals surface area (Å²) in [6, 6.07) is 16.2.